The van der Waals surface area contributed by atoms with E-state index in [2.05, 4.69) is 20.4 Å². The van der Waals surface area contributed by atoms with Crippen molar-refractivity contribution in [2.24, 2.45) is 5.92 Å². The summed E-state index contributed by atoms with van der Waals surface area (Å²) in [7, 11) is 0. The number of aromatic nitrogens is 1. The molecule has 10 heteroatoms. The average molecular weight is 415 g/mol. The molecule has 0 spiro atoms. The zero-order chi connectivity index (χ0) is 20.7. The lowest BCUT2D eigenvalue weighted by Gasteiger charge is -2.10. The zero-order valence-corrected chi connectivity index (χ0v) is 16.1. The highest BCUT2D eigenvalue weighted by molar-refractivity contribution is 7.13. The van der Waals surface area contributed by atoms with E-state index in [4.69, 9.17) is 0 Å². The maximum absolute atomic E-state index is 12.2. The van der Waals surface area contributed by atoms with Gasteiger partial charge in [0.2, 0.25) is 11.8 Å². The highest BCUT2D eigenvalue weighted by Crippen LogP contribution is 2.20. The van der Waals surface area contributed by atoms with E-state index in [-0.39, 0.29) is 36.4 Å². The number of ether oxygens (including phenoxy) is 1. The number of thiazole rings is 1. The average Bonchev–Trinajstić information content (AvgIpc) is 3.04. The third kappa shape index (κ3) is 7.55. The van der Waals surface area contributed by atoms with Gasteiger partial charge in [0.25, 0.3) is 0 Å². The number of carbonyl (C=O) groups excluding carboxylic acids is 2. The molecular weight excluding hydrogens is 395 g/mol. The Bertz CT molecular complexity index is 822. The van der Waals surface area contributed by atoms with Crippen molar-refractivity contribution in [2.75, 3.05) is 11.9 Å². The van der Waals surface area contributed by atoms with Crippen molar-refractivity contribution in [1.82, 2.24) is 10.3 Å². The summed E-state index contributed by atoms with van der Waals surface area (Å²) in [4.78, 5) is 27.9. The number of alkyl halides is 3. The van der Waals surface area contributed by atoms with Gasteiger partial charge in [-0.3, -0.25) is 9.59 Å². The standard InChI is InChI=1S/C18H20F3N3O3S/c1-11(2)16(26)24-17-23-13(9-28-17)7-15(25)22-8-12-4-3-5-14(6-12)27-10-18(19,20)21/h3-6,9,11H,7-8,10H2,1-2H3,(H,22,25)(H,23,24,26). The van der Waals surface area contributed by atoms with E-state index in [1.165, 1.54) is 23.5 Å². The van der Waals surface area contributed by atoms with Crippen molar-refractivity contribution < 1.29 is 27.5 Å². The summed E-state index contributed by atoms with van der Waals surface area (Å²) < 4.78 is 41.3. The van der Waals surface area contributed by atoms with E-state index >= 15 is 0 Å². The number of rotatable bonds is 8. The summed E-state index contributed by atoms with van der Waals surface area (Å²) in [6, 6.07) is 6.08. The van der Waals surface area contributed by atoms with Gasteiger partial charge in [0.1, 0.15) is 5.75 Å². The Morgan fingerprint density at radius 1 is 1.29 bits per heavy atom. The second kappa shape index (κ2) is 9.54. The van der Waals surface area contributed by atoms with Crippen LogP contribution in [0.25, 0.3) is 0 Å². The van der Waals surface area contributed by atoms with Gasteiger partial charge in [-0.05, 0) is 17.7 Å². The van der Waals surface area contributed by atoms with Crippen molar-refractivity contribution in [3.8, 4) is 5.75 Å². The number of nitrogens with one attached hydrogen (secondary N) is 2. The van der Waals surface area contributed by atoms with Crippen molar-refractivity contribution >= 4 is 28.3 Å². The van der Waals surface area contributed by atoms with Crippen molar-refractivity contribution in [2.45, 2.75) is 33.0 Å². The molecule has 2 amide bonds. The number of nitrogens with zero attached hydrogens (tertiary/aromatic N) is 1. The second-order valence-corrected chi connectivity index (χ2v) is 7.15. The fraction of sp³-hybridized carbons (Fsp3) is 0.389. The van der Waals surface area contributed by atoms with Crippen LogP contribution in [0.1, 0.15) is 25.1 Å². The molecule has 2 aromatic rings. The smallest absolute Gasteiger partial charge is 0.422 e. The van der Waals surface area contributed by atoms with E-state index < -0.39 is 12.8 Å². The van der Waals surface area contributed by atoms with E-state index in [0.29, 0.717) is 16.4 Å². The van der Waals surface area contributed by atoms with E-state index in [1.54, 1.807) is 31.4 Å². The normalized spacial score (nSPS) is 11.4. The van der Waals surface area contributed by atoms with Crippen molar-refractivity contribution in [1.29, 1.82) is 0 Å². The molecule has 2 N–H and O–H groups in total. The maximum atomic E-state index is 12.2. The third-order valence-electron chi connectivity index (χ3n) is 3.44. The van der Waals surface area contributed by atoms with Crippen LogP contribution in [0.5, 0.6) is 5.75 Å². The first-order chi connectivity index (χ1) is 13.1. The van der Waals surface area contributed by atoms with Gasteiger partial charge in [0, 0.05) is 17.8 Å². The Labute approximate surface area is 164 Å². The summed E-state index contributed by atoms with van der Waals surface area (Å²) in [6.45, 7) is 2.30. The number of anilines is 1. The Hall–Kier alpha value is -2.62. The fourth-order valence-electron chi connectivity index (χ4n) is 2.03. The monoisotopic (exact) mass is 415 g/mol. The van der Waals surface area contributed by atoms with Gasteiger partial charge in [0.05, 0.1) is 12.1 Å². The largest absolute Gasteiger partial charge is 0.484 e. The lowest BCUT2D eigenvalue weighted by atomic mass is 10.2. The number of carbonyl (C=O) groups is 2. The van der Waals surface area contributed by atoms with Crippen LogP contribution in [0.2, 0.25) is 0 Å². The molecule has 0 saturated heterocycles. The highest BCUT2D eigenvalue weighted by atomic mass is 32.1. The molecule has 152 valence electrons. The molecule has 1 aromatic heterocycles. The third-order valence-corrected chi connectivity index (χ3v) is 4.25. The quantitative estimate of drug-likeness (QED) is 0.691. The Kier molecular flexibility index (Phi) is 7.38. The summed E-state index contributed by atoms with van der Waals surface area (Å²) >= 11 is 1.23. The van der Waals surface area contributed by atoms with Crippen LogP contribution >= 0.6 is 11.3 Å². The van der Waals surface area contributed by atoms with E-state index in [0.717, 1.165) is 0 Å². The van der Waals surface area contributed by atoms with Gasteiger partial charge >= 0.3 is 6.18 Å². The van der Waals surface area contributed by atoms with Gasteiger partial charge < -0.3 is 15.4 Å². The van der Waals surface area contributed by atoms with Gasteiger partial charge in [-0.1, -0.05) is 26.0 Å². The SMILES string of the molecule is CC(C)C(=O)Nc1nc(CC(=O)NCc2cccc(OCC(F)(F)F)c2)cs1. The molecular formula is C18H20F3N3O3S. The fourth-order valence-corrected chi connectivity index (χ4v) is 2.75. The molecule has 0 unspecified atom stereocenters. The molecule has 1 heterocycles. The number of benzene rings is 1. The van der Waals surface area contributed by atoms with Crippen LogP contribution in [-0.2, 0) is 22.6 Å². The lowest BCUT2D eigenvalue weighted by Crippen LogP contribution is -2.25. The lowest BCUT2D eigenvalue weighted by molar-refractivity contribution is -0.153. The molecule has 0 aliphatic carbocycles. The number of amides is 2. The Morgan fingerprint density at radius 3 is 2.71 bits per heavy atom. The topological polar surface area (TPSA) is 80.3 Å². The summed E-state index contributed by atoms with van der Waals surface area (Å²) in [5.74, 6) is -0.549. The van der Waals surface area contributed by atoms with Gasteiger partial charge in [-0.15, -0.1) is 11.3 Å². The van der Waals surface area contributed by atoms with Crippen LogP contribution < -0.4 is 15.4 Å². The van der Waals surface area contributed by atoms with Crippen molar-refractivity contribution in [3.05, 3.63) is 40.9 Å². The molecule has 1 aromatic carbocycles. The van der Waals surface area contributed by atoms with Crippen LogP contribution in [0.3, 0.4) is 0 Å². The minimum absolute atomic E-state index is 0.0261. The molecule has 0 fully saturated rings. The molecule has 0 aliphatic heterocycles. The summed E-state index contributed by atoms with van der Waals surface area (Å²) in [6.07, 6.45) is -4.39. The molecule has 2 rings (SSSR count). The number of hydrogen-bond acceptors (Lipinski definition) is 5. The number of halogens is 3. The first-order valence-electron chi connectivity index (χ1n) is 8.43. The van der Waals surface area contributed by atoms with Crippen LogP contribution in [-0.4, -0.2) is 29.6 Å². The minimum Gasteiger partial charge on any atom is -0.484 e. The predicted octanol–water partition coefficient (Wildman–Crippen LogP) is 3.54. The zero-order valence-electron chi connectivity index (χ0n) is 15.3. The van der Waals surface area contributed by atoms with E-state index in [9.17, 15) is 22.8 Å². The van der Waals surface area contributed by atoms with Crippen LogP contribution in [0.15, 0.2) is 29.6 Å². The maximum Gasteiger partial charge on any atom is 0.422 e. The molecule has 0 radical (unpaired) electrons. The number of hydrogen-bond donors (Lipinski definition) is 2. The molecule has 28 heavy (non-hydrogen) atoms. The first-order valence-corrected chi connectivity index (χ1v) is 9.31. The second-order valence-electron chi connectivity index (χ2n) is 6.29. The van der Waals surface area contributed by atoms with Crippen LogP contribution in [0.4, 0.5) is 18.3 Å². The highest BCUT2D eigenvalue weighted by Gasteiger charge is 2.28. The minimum atomic E-state index is -4.41. The Balaban J connectivity index is 1.83. The van der Waals surface area contributed by atoms with Gasteiger partial charge in [-0.25, -0.2) is 4.98 Å². The molecule has 0 bridgehead atoms. The van der Waals surface area contributed by atoms with Gasteiger partial charge in [0.15, 0.2) is 11.7 Å². The first kappa shape index (κ1) is 21.7. The molecule has 0 saturated carbocycles. The van der Waals surface area contributed by atoms with Crippen LogP contribution in [0, 0.1) is 5.92 Å². The van der Waals surface area contributed by atoms with Crippen molar-refractivity contribution in [3.63, 3.8) is 0 Å². The summed E-state index contributed by atoms with van der Waals surface area (Å²) in [5, 5.41) is 7.45. The summed E-state index contributed by atoms with van der Waals surface area (Å²) in [5.41, 5.74) is 1.13. The predicted molar refractivity (Wildman–Crippen MR) is 99.1 cm³/mol. The molecule has 0 aliphatic rings. The van der Waals surface area contributed by atoms with Gasteiger partial charge in [-0.2, -0.15) is 13.2 Å². The van der Waals surface area contributed by atoms with E-state index in [1.807, 2.05) is 0 Å². The molecule has 6 nitrogen and oxygen atoms in total. The molecule has 0 atom stereocenters. The Morgan fingerprint density at radius 2 is 2.04 bits per heavy atom.